The molecule has 4 N–H and O–H groups in total. The van der Waals surface area contributed by atoms with E-state index in [0.29, 0.717) is 16.7 Å². The van der Waals surface area contributed by atoms with Gasteiger partial charge in [0.1, 0.15) is 5.17 Å². The summed E-state index contributed by atoms with van der Waals surface area (Å²) in [5.41, 5.74) is 6.95. The van der Waals surface area contributed by atoms with Gasteiger partial charge in [0.05, 0.1) is 52.8 Å². The van der Waals surface area contributed by atoms with Crippen LogP contribution in [0, 0.1) is 0 Å². The molecule has 2 saturated heterocycles. The maximum absolute atomic E-state index is 9.87. The summed E-state index contributed by atoms with van der Waals surface area (Å²) in [6.07, 6.45) is 3.00. The van der Waals surface area contributed by atoms with Crippen molar-refractivity contribution < 1.29 is 9.84 Å². The molecule has 1 aromatic heterocycles. The van der Waals surface area contributed by atoms with Gasteiger partial charge >= 0.3 is 0 Å². The monoisotopic (exact) mass is 507 g/mol. The van der Waals surface area contributed by atoms with Crippen molar-refractivity contribution >= 4 is 50.9 Å². The number of hydrogen-bond donors (Lipinski definition) is 3. The van der Waals surface area contributed by atoms with Gasteiger partial charge in [0, 0.05) is 44.0 Å². The predicted molar refractivity (Wildman–Crippen MR) is 138 cm³/mol. The molecule has 9 nitrogen and oxygen atoms in total. The molecule has 184 valence electrons. The number of benzene rings is 1. The Morgan fingerprint density at radius 1 is 1.32 bits per heavy atom. The lowest BCUT2D eigenvalue weighted by molar-refractivity contribution is -0.131. The Bertz CT molecular complexity index is 1100. The topological polar surface area (TPSA) is 112 Å². The van der Waals surface area contributed by atoms with E-state index in [2.05, 4.69) is 37.0 Å². The fourth-order valence-corrected chi connectivity index (χ4v) is 4.50. The van der Waals surface area contributed by atoms with Gasteiger partial charge in [-0.15, -0.1) is 0 Å². The third-order valence-corrected chi connectivity index (χ3v) is 6.72. The number of piperazine rings is 1. The molecule has 34 heavy (non-hydrogen) atoms. The van der Waals surface area contributed by atoms with Gasteiger partial charge in [-0.3, -0.25) is 9.89 Å². The number of rotatable bonds is 7. The summed E-state index contributed by atoms with van der Waals surface area (Å²) >= 11 is 12.9. The summed E-state index contributed by atoms with van der Waals surface area (Å²) in [5.74, 6) is 0.330. The zero-order valence-electron chi connectivity index (χ0n) is 19.7. The van der Waals surface area contributed by atoms with Crippen LogP contribution in [0.1, 0.15) is 20.8 Å². The summed E-state index contributed by atoms with van der Waals surface area (Å²) in [6.45, 7) is 10.9. The number of aliphatic hydroxyl groups is 1. The Morgan fingerprint density at radius 3 is 2.62 bits per heavy atom. The first-order chi connectivity index (χ1) is 16.1. The van der Waals surface area contributed by atoms with Gasteiger partial charge in [-0.1, -0.05) is 23.2 Å². The molecule has 4 rings (SSSR count). The Morgan fingerprint density at radius 2 is 2.03 bits per heavy atom. The highest BCUT2D eigenvalue weighted by molar-refractivity contribution is 6.69. The van der Waals surface area contributed by atoms with Gasteiger partial charge in [-0.25, -0.2) is 9.97 Å². The molecule has 0 radical (unpaired) electrons. The number of nitrogens with one attached hydrogen (secondary N) is 1. The predicted octanol–water partition coefficient (Wildman–Crippen LogP) is 2.81. The highest BCUT2D eigenvalue weighted by atomic mass is 35.5. The quantitative estimate of drug-likeness (QED) is 0.490. The fourth-order valence-electron chi connectivity index (χ4n) is 4.04. The molecule has 0 spiro atoms. The van der Waals surface area contributed by atoms with Gasteiger partial charge in [0.25, 0.3) is 0 Å². The smallest absolute Gasteiger partial charge is 0.227 e. The summed E-state index contributed by atoms with van der Waals surface area (Å²) in [6, 6.07) is 3.88. The number of ether oxygens (including phenoxy) is 1. The lowest BCUT2D eigenvalue weighted by atomic mass is 9.97. The Hall–Kier alpha value is -2.17. The molecular weight excluding hydrogens is 477 g/mol. The number of fused-ring (bicyclic) bond motifs is 1. The largest absolute Gasteiger partial charge is 0.403 e. The second kappa shape index (κ2) is 9.83. The van der Waals surface area contributed by atoms with E-state index >= 15 is 0 Å². The third-order valence-electron chi connectivity index (χ3n) is 6.10. The summed E-state index contributed by atoms with van der Waals surface area (Å²) < 4.78 is 5.42. The summed E-state index contributed by atoms with van der Waals surface area (Å²) in [5, 5.41) is 14.5. The standard InChI is InChI=1S/C23H31Cl2N7O2/c1-22(2,33)12-28-20(25)18(10-26)30-21-27-11-15-8-16(24)19(9-17(15)29-21)31-4-6-32(7-5-31)23(3)13-34-14-23/h8-11,33H,4-7,12-14,26H2,1-3H3,(H,27,29,30)/b18-10+,28-20?. The SMILES string of the molecule is CC(C)(O)CN=C(Cl)/C(=C\N)Nc1ncc2cc(Cl)c(N3CCN(C4(C)COC4)CC3)cc2n1. The van der Waals surface area contributed by atoms with Gasteiger partial charge < -0.3 is 25.8 Å². The third kappa shape index (κ3) is 5.55. The van der Waals surface area contributed by atoms with E-state index in [1.165, 1.54) is 6.20 Å². The molecule has 0 amide bonds. The van der Waals surface area contributed by atoms with Crippen molar-refractivity contribution in [3.63, 3.8) is 0 Å². The van der Waals surface area contributed by atoms with Crippen LogP contribution < -0.4 is 16.0 Å². The average molecular weight is 508 g/mol. The molecule has 2 fully saturated rings. The number of hydrogen-bond acceptors (Lipinski definition) is 9. The van der Waals surface area contributed by atoms with Crippen molar-refractivity contribution in [2.45, 2.75) is 31.9 Å². The molecule has 2 aliphatic rings. The molecule has 0 saturated carbocycles. The average Bonchev–Trinajstić information content (AvgIpc) is 2.78. The van der Waals surface area contributed by atoms with E-state index in [-0.39, 0.29) is 17.3 Å². The van der Waals surface area contributed by atoms with Crippen LogP contribution in [0.5, 0.6) is 0 Å². The molecule has 0 unspecified atom stereocenters. The zero-order chi connectivity index (χ0) is 24.5. The molecule has 1 aromatic carbocycles. The van der Waals surface area contributed by atoms with E-state index < -0.39 is 5.60 Å². The fraction of sp³-hybridized carbons (Fsp3) is 0.522. The van der Waals surface area contributed by atoms with E-state index in [4.69, 9.17) is 33.7 Å². The zero-order valence-corrected chi connectivity index (χ0v) is 21.2. The molecule has 11 heteroatoms. The van der Waals surface area contributed by atoms with E-state index in [9.17, 15) is 5.11 Å². The maximum atomic E-state index is 9.87. The number of nitrogens with zero attached hydrogens (tertiary/aromatic N) is 5. The summed E-state index contributed by atoms with van der Waals surface area (Å²) in [7, 11) is 0. The van der Waals surface area contributed by atoms with Gasteiger partial charge in [-0.2, -0.15) is 0 Å². The molecule has 2 aromatic rings. The molecule has 2 aliphatic heterocycles. The van der Waals surface area contributed by atoms with Crippen LogP contribution >= 0.6 is 23.2 Å². The lowest BCUT2D eigenvalue weighted by Crippen LogP contribution is -2.64. The van der Waals surface area contributed by atoms with Crippen molar-refractivity contribution in [3.8, 4) is 0 Å². The van der Waals surface area contributed by atoms with Crippen LogP contribution in [0.3, 0.4) is 0 Å². The summed E-state index contributed by atoms with van der Waals surface area (Å²) in [4.78, 5) is 17.9. The van der Waals surface area contributed by atoms with Crippen molar-refractivity contribution in [1.29, 1.82) is 0 Å². The molecular formula is C23H31Cl2N7O2. The van der Waals surface area contributed by atoms with Crippen LogP contribution in [-0.2, 0) is 4.74 Å². The lowest BCUT2D eigenvalue weighted by Gasteiger charge is -2.50. The minimum absolute atomic E-state index is 0.130. The molecule has 0 bridgehead atoms. The van der Waals surface area contributed by atoms with Gasteiger partial charge in [-0.05, 0) is 32.9 Å². The number of anilines is 2. The number of aromatic nitrogens is 2. The van der Waals surface area contributed by atoms with Crippen molar-refractivity contribution in [1.82, 2.24) is 14.9 Å². The maximum Gasteiger partial charge on any atom is 0.227 e. The molecule has 0 atom stereocenters. The first-order valence-electron chi connectivity index (χ1n) is 11.2. The Balaban J connectivity index is 1.50. The van der Waals surface area contributed by atoms with E-state index in [1.54, 1.807) is 20.0 Å². The number of allylic oxidation sites excluding steroid dienone is 1. The number of aliphatic imine (C=N–C) groups is 1. The normalized spacial score (nSPS) is 19.9. The molecule has 3 heterocycles. The second-order valence-electron chi connectivity index (χ2n) is 9.64. The number of nitrogens with two attached hydrogens (primary N) is 1. The highest BCUT2D eigenvalue weighted by Gasteiger charge is 2.40. The second-order valence-corrected chi connectivity index (χ2v) is 10.4. The first-order valence-corrected chi connectivity index (χ1v) is 12.0. The Kier molecular flexibility index (Phi) is 7.21. The van der Waals surface area contributed by atoms with Crippen LogP contribution in [0.4, 0.5) is 11.6 Å². The van der Waals surface area contributed by atoms with Crippen molar-refractivity contribution in [3.05, 3.63) is 35.2 Å². The number of halogens is 2. The highest BCUT2D eigenvalue weighted by Crippen LogP contribution is 2.33. The van der Waals surface area contributed by atoms with Crippen LogP contribution in [0.2, 0.25) is 5.02 Å². The molecule has 0 aliphatic carbocycles. The van der Waals surface area contributed by atoms with Crippen LogP contribution in [0.15, 0.2) is 35.2 Å². The minimum atomic E-state index is -0.982. The van der Waals surface area contributed by atoms with Crippen LogP contribution in [0.25, 0.3) is 10.9 Å². The van der Waals surface area contributed by atoms with Crippen molar-refractivity contribution in [2.75, 3.05) is 56.2 Å². The first kappa shape index (κ1) is 24.9. The van der Waals surface area contributed by atoms with E-state index in [1.807, 2.05) is 12.1 Å². The Labute approximate surface area is 209 Å². The van der Waals surface area contributed by atoms with Gasteiger partial charge in [0.2, 0.25) is 5.95 Å². The van der Waals surface area contributed by atoms with Gasteiger partial charge in [0.15, 0.2) is 0 Å². The van der Waals surface area contributed by atoms with Crippen molar-refractivity contribution in [2.24, 2.45) is 10.7 Å². The van der Waals surface area contributed by atoms with Crippen LogP contribution in [-0.4, -0.2) is 82.2 Å². The minimum Gasteiger partial charge on any atom is -0.403 e. The van der Waals surface area contributed by atoms with E-state index in [0.717, 1.165) is 56.0 Å².